The van der Waals surface area contributed by atoms with Gasteiger partial charge < -0.3 is 19.3 Å². The van der Waals surface area contributed by atoms with E-state index >= 15 is 0 Å². The van der Waals surface area contributed by atoms with E-state index in [0.717, 1.165) is 19.5 Å². The minimum Gasteiger partial charge on any atom is -0.485 e. The van der Waals surface area contributed by atoms with Gasteiger partial charge in [-0.05, 0) is 24.6 Å². The number of methoxy groups -OCH3 is 1. The van der Waals surface area contributed by atoms with Crippen LogP contribution >= 0.6 is 11.6 Å². The van der Waals surface area contributed by atoms with Crippen LogP contribution in [0, 0.1) is 0 Å². The molecule has 0 radical (unpaired) electrons. The average molecular weight is 443 g/mol. The summed E-state index contributed by atoms with van der Waals surface area (Å²) in [5.74, 6) is -0.532. The first-order valence-corrected chi connectivity index (χ1v) is 9.60. The van der Waals surface area contributed by atoms with Crippen LogP contribution in [0.4, 0.5) is 8.78 Å². The van der Waals surface area contributed by atoms with Gasteiger partial charge in [-0.3, -0.25) is 4.90 Å². The van der Waals surface area contributed by atoms with Gasteiger partial charge in [0.15, 0.2) is 6.10 Å². The summed E-state index contributed by atoms with van der Waals surface area (Å²) < 4.78 is 41.2. The van der Waals surface area contributed by atoms with E-state index in [1.54, 1.807) is 0 Å². The fraction of sp³-hybridized carbons (Fsp3) is 0.400. The Kier molecular flexibility index (Phi) is 7.41. The number of aromatic nitrogens is 1. The number of alkyl halides is 2. The molecule has 1 aromatic heterocycles. The molecule has 1 unspecified atom stereocenters. The quantitative estimate of drug-likeness (QED) is 0.593. The fourth-order valence-corrected chi connectivity index (χ4v) is 3.01. The van der Waals surface area contributed by atoms with Gasteiger partial charge in [0.05, 0.1) is 12.7 Å². The number of likely N-dealkylation sites (tertiary alicyclic amines) is 1. The average Bonchev–Trinajstić information content (AvgIpc) is 2.71. The third kappa shape index (κ3) is 5.16. The van der Waals surface area contributed by atoms with Crippen LogP contribution in [0.2, 0.25) is 5.02 Å². The zero-order chi connectivity index (χ0) is 21.7. The van der Waals surface area contributed by atoms with E-state index in [1.165, 1.54) is 37.6 Å². The van der Waals surface area contributed by atoms with Crippen LogP contribution in [0.1, 0.15) is 28.6 Å². The molecule has 0 saturated carbocycles. The lowest BCUT2D eigenvalue weighted by atomic mass is 10.1. The highest BCUT2D eigenvalue weighted by Crippen LogP contribution is 2.33. The SMILES string of the molecule is COC(=O)c1cc(Oc2ncc(C(O)N3CCC3)cc2Cl)cc(OC(CF)CF)c1. The Balaban J connectivity index is 1.84. The molecule has 0 bridgehead atoms. The highest BCUT2D eigenvalue weighted by Gasteiger charge is 2.24. The Bertz CT molecular complexity index is 893. The Morgan fingerprint density at radius 3 is 2.50 bits per heavy atom. The van der Waals surface area contributed by atoms with Gasteiger partial charge in [0.2, 0.25) is 5.88 Å². The number of aliphatic hydroxyl groups excluding tert-OH is 1. The first-order valence-electron chi connectivity index (χ1n) is 9.22. The van der Waals surface area contributed by atoms with Crippen LogP contribution in [0.25, 0.3) is 0 Å². The van der Waals surface area contributed by atoms with E-state index in [0.29, 0.717) is 5.56 Å². The van der Waals surface area contributed by atoms with Crippen molar-refractivity contribution < 1.29 is 32.9 Å². The van der Waals surface area contributed by atoms with Crippen LogP contribution in [-0.2, 0) is 4.74 Å². The maximum atomic E-state index is 12.8. The number of esters is 1. The predicted molar refractivity (Wildman–Crippen MR) is 105 cm³/mol. The second-order valence-corrected chi connectivity index (χ2v) is 7.06. The molecule has 1 fully saturated rings. The first-order chi connectivity index (χ1) is 14.4. The zero-order valence-corrected chi connectivity index (χ0v) is 16.9. The highest BCUT2D eigenvalue weighted by molar-refractivity contribution is 6.31. The minimum atomic E-state index is -1.31. The van der Waals surface area contributed by atoms with Crippen molar-refractivity contribution in [3.8, 4) is 17.4 Å². The number of rotatable bonds is 9. The third-order valence-electron chi connectivity index (χ3n) is 4.53. The predicted octanol–water partition coefficient (Wildman–Crippen LogP) is 3.70. The molecular weight excluding hydrogens is 422 g/mol. The Morgan fingerprint density at radius 2 is 1.93 bits per heavy atom. The molecule has 1 aliphatic rings. The number of carbonyl (C=O) groups excluding carboxylic acids is 1. The number of aliphatic hydroxyl groups is 1. The molecule has 3 rings (SSSR count). The van der Waals surface area contributed by atoms with Gasteiger partial charge >= 0.3 is 5.97 Å². The summed E-state index contributed by atoms with van der Waals surface area (Å²) in [5.41, 5.74) is 0.579. The van der Waals surface area contributed by atoms with Crippen molar-refractivity contribution in [1.82, 2.24) is 9.88 Å². The highest BCUT2D eigenvalue weighted by atomic mass is 35.5. The largest absolute Gasteiger partial charge is 0.485 e. The summed E-state index contributed by atoms with van der Waals surface area (Å²) in [7, 11) is 1.20. The second-order valence-electron chi connectivity index (χ2n) is 6.65. The van der Waals surface area contributed by atoms with Gasteiger partial charge in [-0.15, -0.1) is 0 Å². The number of ether oxygens (including phenoxy) is 3. The molecule has 2 heterocycles. The molecule has 1 saturated heterocycles. The lowest BCUT2D eigenvalue weighted by Crippen LogP contribution is -2.40. The van der Waals surface area contributed by atoms with Crippen molar-refractivity contribution in [2.24, 2.45) is 0 Å². The molecule has 2 aromatic rings. The van der Waals surface area contributed by atoms with Gasteiger partial charge in [0, 0.05) is 30.9 Å². The number of carbonyl (C=O) groups is 1. The molecule has 1 aliphatic heterocycles. The molecule has 1 aromatic carbocycles. The number of nitrogens with zero attached hydrogens (tertiary/aromatic N) is 2. The van der Waals surface area contributed by atoms with Crippen molar-refractivity contribution in [3.05, 3.63) is 46.6 Å². The summed E-state index contributed by atoms with van der Waals surface area (Å²) in [6, 6.07) is 5.54. The number of halogens is 3. The standard InChI is InChI=1S/C20H21ClF2N2O5/c1-28-20(27)12-5-14(29-16(9-22)10-23)8-15(6-12)30-18-17(21)7-13(11-24-18)19(26)25-3-2-4-25/h5-8,11,16,19,26H,2-4,9-10H2,1H3. The van der Waals surface area contributed by atoms with E-state index in [2.05, 4.69) is 9.72 Å². The molecule has 10 heteroatoms. The normalized spacial score (nSPS) is 14.9. The van der Waals surface area contributed by atoms with Crippen molar-refractivity contribution >= 4 is 17.6 Å². The fourth-order valence-electron chi connectivity index (χ4n) is 2.80. The van der Waals surface area contributed by atoms with Crippen molar-refractivity contribution in [1.29, 1.82) is 0 Å². The maximum Gasteiger partial charge on any atom is 0.338 e. The van der Waals surface area contributed by atoms with Crippen molar-refractivity contribution in [3.63, 3.8) is 0 Å². The molecule has 1 N–H and O–H groups in total. The molecule has 1 atom stereocenters. The topological polar surface area (TPSA) is 81.1 Å². The smallest absolute Gasteiger partial charge is 0.338 e. The molecular formula is C20H21ClF2N2O5. The van der Waals surface area contributed by atoms with Crippen molar-refractivity contribution in [2.45, 2.75) is 18.8 Å². The summed E-state index contributed by atoms with van der Waals surface area (Å²) in [4.78, 5) is 17.9. The molecule has 162 valence electrons. The van der Waals surface area contributed by atoms with Crippen LogP contribution in [-0.4, -0.2) is 60.6 Å². The number of pyridine rings is 1. The van der Waals surface area contributed by atoms with Gasteiger partial charge in [-0.1, -0.05) is 11.6 Å². The summed E-state index contributed by atoms with van der Waals surface area (Å²) in [6.45, 7) is -0.496. The van der Waals surface area contributed by atoms with Crippen LogP contribution in [0.3, 0.4) is 0 Å². The first kappa shape index (κ1) is 22.2. The van der Waals surface area contributed by atoms with E-state index in [4.69, 9.17) is 21.1 Å². The van der Waals surface area contributed by atoms with Crippen LogP contribution in [0.5, 0.6) is 17.4 Å². The molecule has 30 heavy (non-hydrogen) atoms. The zero-order valence-electron chi connectivity index (χ0n) is 16.2. The molecule has 0 amide bonds. The van der Waals surface area contributed by atoms with Crippen molar-refractivity contribution in [2.75, 3.05) is 33.5 Å². The van der Waals surface area contributed by atoms with E-state index in [-0.39, 0.29) is 28.0 Å². The van der Waals surface area contributed by atoms with E-state index in [9.17, 15) is 18.7 Å². The van der Waals surface area contributed by atoms with Gasteiger partial charge in [-0.2, -0.15) is 0 Å². The summed E-state index contributed by atoms with van der Waals surface area (Å²) in [5, 5.41) is 10.4. The molecule has 0 spiro atoms. The Hall–Kier alpha value is -2.49. The molecule has 0 aliphatic carbocycles. The number of hydrogen-bond acceptors (Lipinski definition) is 7. The van der Waals surface area contributed by atoms with E-state index < -0.39 is 31.7 Å². The van der Waals surface area contributed by atoms with Gasteiger partial charge in [0.1, 0.15) is 36.1 Å². The summed E-state index contributed by atoms with van der Waals surface area (Å²) >= 11 is 6.25. The lowest BCUT2D eigenvalue weighted by Gasteiger charge is -2.35. The number of benzene rings is 1. The van der Waals surface area contributed by atoms with Gasteiger partial charge in [0.25, 0.3) is 0 Å². The monoisotopic (exact) mass is 442 g/mol. The Morgan fingerprint density at radius 1 is 1.23 bits per heavy atom. The van der Waals surface area contributed by atoms with Crippen LogP contribution < -0.4 is 9.47 Å². The van der Waals surface area contributed by atoms with E-state index in [1.807, 2.05) is 4.90 Å². The van der Waals surface area contributed by atoms with Gasteiger partial charge in [-0.25, -0.2) is 18.6 Å². The Labute approximate surface area is 177 Å². The van der Waals surface area contributed by atoms with Crippen LogP contribution in [0.15, 0.2) is 30.5 Å². The number of hydrogen-bond donors (Lipinski definition) is 1. The molecule has 7 nitrogen and oxygen atoms in total. The minimum absolute atomic E-state index is 0.0224. The second kappa shape index (κ2) is 10.0. The lowest BCUT2D eigenvalue weighted by molar-refractivity contribution is -0.0367. The maximum absolute atomic E-state index is 12.8. The third-order valence-corrected chi connectivity index (χ3v) is 4.80. The summed E-state index contributed by atoms with van der Waals surface area (Å²) in [6.07, 6.45) is 0.341.